The van der Waals surface area contributed by atoms with Crippen LogP contribution in [0, 0.1) is 0 Å². The quantitative estimate of drug-likeness (QED) is 0.580. The molecule has 2 heterocycles. The third kappa shape index (κ3) is 3.87. The normalized spacial score (nSPS) is 12.2. The van der Waals surface area contributed by atoms with Crippen LogP contribution < -0.4 is 4.84 Å². The van der Waals surface area contributed by atoms with E-state index in [1.807, 2.05) is 5.38 Å². The summed E-state index contributed by atoms with van der Waals surface area (Å²) in [7, 11) is -0.557. The van der Waals surface area contributed by atoms with Gasteiger partial charge in [0, 0.05) is 19.5 Å². The van der Waals surface area contributed by atoms with E-state index in [-0.39, 0.29) is 11.5 Å². The topological polar surface area (TPSA) is 90.2 Å². The highest BCUT2D eigenvalue weighted by Crippen LogP contribution is 2.19. The second kappa shape index (κ2) is 7.68. The van der Waals surface area contributed by atoms with Crippen molar-refractivity contribution in [3.05, 3.63) is 34.3 Å². The summed E-state index contributed by atoms with van der Waals surface area (Å²) < 4.78 is 25.8. The summed E-state index contributed by atoms with van der Waals surface area (Å²) in [6, 6.07) is 4.64. The maximum absolute atomic E-state index is 12.3. The second-order valence-electron chi connectivity index (χ2n) is 6.01. The molecule has 0 spiro atoms. The predicted octanol–water partition coefficient (Wildman–Crippen LogP) is 2.11. The van der Waals surface area contributed by atoms with Crippen molar-refractivity contribution in [3.8, 4) is 0 Å². The average molecular weight is 396 g/mol. The molecule has 3 aromatic rings. The third-order valence-corrected chi connectivity index (χ3v) is 6.61. The molecule has 26 heavy (non-hydrogen) atoms. The zero-order valence-electron chi connectivity index (χ0n) is 14.9. The minimum absolute atomic E-state index is 0.165. The second-order valence-corrected chi connectivity index (χ2v) is 9.10. The first-order valence-electron chi connectivity index (χ1n) is 8.26. The lowest BCUT2D eigenvalue weighted by Crippen LogP contribution is -2.22. The van der Waals surface area contributed by atoms with Gasteiger partial charge >= 0.3 is 0 Å². The molecule has 10 heteroatoms. The first kappa shape index (κ1) is 18.7. The summed E-state index contributed by atoms with van der Waals surface area (Å²) in [6.07, 6.45) is 3.22. The Kier molecular flexibility index (Phi) is 5.54. The van der Waals surface area contributed by atoms with Gasteiger partial charge in [-0.2, -0.15) is 0 Å². The molecule has 0 radical (unpaired) electrons. The lowest BCUT2D eigenvalue weighted by molar-refractivity contribution is 0.0733. The summed E-state index contributed by atoms with van der Waals surface area (Å²) in [4.78, 5) is 11.6. The van der Waals surface area contributed by atoms with Crippen molar-refractivity contribution in [1.82, 2.24) is 24.4 Å². The maximum atomic E-state index is 12.3. The van der Waals surface area contributed by atoms with Gasteiger partial charge in [-0.05, 0) is 36.3 Å². The number of hydrogen-bond acceptors (Lipinski definition) is 7. The van der Waals surface area contributed by atoms with E-state index in [0.29, 0.717) is 11.0 Å². The van der Waals surface area contributed by atoms with Gasteiger partial charge in [0.25, 0.3) is 0 Å². The van der Waals surface area contributed by atoms with E-state index < -0.39 is 10.0 Å². The van der Waals surface area contributed by atoms with Crippen LogP contribution in [0.1, 0.15) is 30.5 Å². The number of aryl methyl sites for hydroxylation is 1. The molecule has 0 atom stereocenters. The predicted molar refractivity (Wildman–Crippen MR) is 99.4 cm³/mol. The van der Waals surface area contributed by atoms with Crippen molar-refractivity contribution >= 4 is 32.4 Å². The molecular weight excluding hydrogens is 374 g/mol. The van der Waals surface area contributed by atoms with E-state index in [0.717, 1.165) is 34.3 Å². The van der Waals surface area contributed by atoms with E-state index in [9.17, 15) is 8.42 Å². The molecule has 0 aliphatic rings. The number of nitrogens with zero attached hydrogens (tertiary/aromatic N) is 5. The highest BCUT2D eigenvalue weighted by Gasteiger charge is 2.19. The summed E-state index contributed by atoms with van der Waals surface area (Å²) in [6.45, 7) is 2.39. The molecule has 0 bridgehead atoms. The SMILES string of the molecule is CCCCc1nc(COn2nnc3ccc(S(=O)(=O)N(C)C)cc32)cs1. The molecule has 2 aromatic heterocycles. The Labute approximate surface area is 156 Å². The monoisotopic (exact) mass is 395 g/mol. The molecule has 0 saturated heterocycles. The van der Waals surface area contributed by atoms with Crippen LogP contribution in [0.5, 0.6) is 0 Å². The van der Waals surface area contributed by atoms with Crippen LogP contribution in [0.15, 0.2) is 28.5 Å². The van der Waals surface area contributed by atoms with Crippen molar-refractivity contribution < 1.29 is 13.3 Å². The lowest BCUT2D eigenvalue weighted by atomic mass is 10.3. The van der Waals surface area contributed by atoms with Crippen LogP contribution >= 0.6 is 11.3 Å². The zero-order chi connectivity index (χ0) is 18.7. The number of aromatic nitrogens is 4. The number of thiazole rings is 1. The first-order chi connectivity index (χ1) is 12.4. The standard InChI is InChI=1S/C16H21N5O3S2/c1-4-5-6-16-17-12(11-25-16)10-24-21-15-9-13(26(22,23)20(2)3)7-8-14(15)18-19-21/h7-9,11H,4-6,10H2,1-3H3. The molecule has 0 saturated carbocycles. The van der Waals surface area contributed by atoms with Gasteiger partial charge in [0.1, 0.15) is 11.0 Å². The van der Waals surface area contributed by atoms with Crippen molar-refractivity contribution in [2.24, 2.45) is 0 Å². The van der Waals surface area contributed by atoms with Crippen LogP contribution in [-0.4, -0.2) is 47.0 Å². The van der Waals surface area contributed by atoms with Crippen LogP contribution in [0.25, 0.3) is 11.0 Å². The third-order valence-electron chi connectivity index (χ3n) is 3.84. The van der Waals surface area contributed by atoms with Gasteiger partial charge in [0.05, 0.1) is 15.6 Å². The van der Waals surface area contributed by atoms with Crippen LogP contribution in [0.3, 0.4) is 0 Å². The van der Waals surface area contributed by atoms with Crippen molar-refractivity contribution in [1.29, 1.82) is 0 Å². The van der Waals surface area contributed by atoms with Gasteiger partial charge in [-0.1, -0.05) is 18.2 Å². The van der Waals surface area contributed by atoms with Gasteiger partial charge in [-0.15, -0.1) is 16.4 Å². The fourth-order valence-electron chi connectivity index (χ4n) is 2.33. The molecule has 0 fully saturated rings. The molecule has 0 aliphatic heterocycles. The number of hydrogen-bond donors (Lipinski definition) is 0. The van der Waals surface area contributed by atoms with Gasteiger partial charge < -0.3 is 4.84 Å². The molecule has 0 unspecified atom stereocenters. The van der Waals surface area contributed by atoms with Gasteiger partial charge in [0.2, 0.25) is 10.0 Å². The largest absolute Gasteiger partial charge is 0.388 e. The Morgan fingerprint density at radius 3 is 2.85 bits per heavy atom. The van der Waals surface area contributed by atoms with E-state index in [4.69, 9.17) is 4.84 Å². The molecule has 0 N–H and O–H groups in total. The summed E-state index contributed by atoms with van der Waals surface area (Å²) >= 11 is 1.62. The fraction of sp³-hybridized carbons (Fsp3) is 0.438. The number of sulfonamides is 1. The average Bonchev–Trinajstić information content (AvgIpc) is 3.24. The Morgan fingerprint density at radius 1 is 1.31 bits per heavy atom. The highest BCUT2D eigenvalue weighted by atomic mass is 32.2. The van der Waals surface area contributed by atoms with E-state index in [1.165, 1.54) is 31.1 Å². The van der Waals surface area contributed by atoms with Gasteiger partial charge in [-0.25, -0.2) is 17.7 Å². The lowest BCUT2D eigenvalue weighted by Gasteiger charge is -2.11. The number of unbranched alkanes of at least 4 members (excludes halogenated alkanes) is 1. The summed E-state index contributed by atoms with van der Waals surface area (Å²) in [5.41, 5.74) is 1.88. The molecule has 3 rings (SSSR count). The summed E-state index contributed by atoms with van der Waals surface area (Å²) in [5, 5.41) is 11.0. The Morgan fingerprint density at radius 2 is 2.12 bits per heavy atom. The van der Waals surface area contributed by atoms with Crippen LogP contribution in [0.2, 0.25) is 0 Å². The van der Waals surface area contributed by atoms with Gasteiger partial charge in [0.15, 0.2) is 6.61 Å². The molecule has 8 nitrogen and oxygen atoms in total. The number of rotatable bonds is 8. The molecule has 0 aliphatic carbocycles. The zero-order valence-corrected chi connectivity index (χ0v) is 16.5. The summed E-state index contributed by atoms with van der Waals surface area (Å²) in [5.74, 6) is 0. The van der Waals surface area contributed by atoms with Crippen LogP contribution in [-0.2, 0) is 23.1 Å². The van der Waals surface area contributed by atoms with Crippen LogP contribution in [0.4, 0.5) is 0 Å². The minimum Gasteiger partial charge on any atom is -0.388 e. The van der Waals surface area contributed by atoms with E-state index >= 15 is 0 Å². The van der Waals surface area contributed by atoms with Gasteiger partial charge in [-0.3, -0.25) is 0 Å². The number of benzene rings is 1. The molecule has 0 amide bonds. The highest BCUT2D eigenvalue weighted by molar-refractivity contribution is 7.89. The Bertz CT molecular complexity index is 994. The van der Waals surface area contributed by atoms with E-state index in [2.05, 4.69) is 22.2 Å². The molecule has 1 aromatic carbocycles. The maximum Gasteiger partial charge on any atom is 0.242 e. The van der Waals surface area contributed by atoms with Crippen molar-refractivity contribution in [2.75, 3.05) is 14.1 Å². The number of fused-ring (bicyclic) bond motifs is 1. The molecule has 140 valence electrons. The Balaban J connectivity index is 1.79. The van der Waals surface area contributed by atoms with Crippen molar-refractivity contribution in [2.45, 2.75) is 37.7 Å². The first-order valence-corrected chi connectivity index (χ1v) is 10.6. The fourth-order valence-corrected chi connectivity index (χ4v) is 4.08. The Hall–Kier alpha value is -2.04. The molecular formula is C16H21N5O3S2. The van der Waals surface area contributed by atoms with E-state index in [1.54, 1.807) is 17.4 Å². The smallest absolute Gasteiger partial charge is 0.242 e. The van der Waals surface area contributed by atoms with Crippen molar-refractivity contribution in [3.63, 3.8) is 0 Å². The minimum atomic E-state index is -3.54.